The van der Waals surface area contributed by atoms with E-state index in [1.807, 2.05) is 63.2 Å². The lowest BCUT2D eigenvalue weighted by atomic mass is 10.0. The van der Waals surface area contributed by atoms with Gasteiger partial charge in [-0.3, -0.25) is 4.79 Å². The second-order valence-electron chi connectivity index (χ2n) is 11.1. The molecule has 1 saturated carbocycles. The first-order valence-electron chi connectivity index (χ1n) is 14.5. The number of fused-ring (bicyclic) bond motifs is 1. The molecule has 5 rings (SSSR count). The number of ether oxygens (including phenoxy) is 2. The van der Waals surface area contributed by atoms with Gasteiger partial charge >= 0.3 is 0 Å². The molecule has 4 aromatic rings. The van der Waals surface area contributed by atoms with Crippen molar-refractivity contribution in [1.82, 2.24) is 9.88 Å². The van der Waals surface area contributed by atoms with Crippen LogP contribution in [0.15, 0.2) is 77.8 Å². The maximum Gasteiger partial charge on any atom is 0.249 e. The number of benzene rings is 3. The van der Waals surface area contributed by atoms with Crippen molar-refractivity contribution in [2.24, 2.45) is 0 Å². The van der Waals surface area contributed by atoms with Gasteiger partial charge in [0.1, 0.15) is 11.9 Å². The molecule has 1 heterocycles. The largest absolute Gasteiger partial charge is 0.490 e. The van der Waals surface area contributed by atoms with Gasteiger partial charge in [0.05, 0.1) is 22.9 Å². The zero-order valence-corrected chi connectivity index (χ0v) is 25.7. The summed E-state index contributed by atoms with van der Waals surface area (Å²) in [6.45, 7) is 6.33. The predicted molar refractivity (Wildman–Crippen MR) is 169 cm³/mol. The van der Waals surface area contributed by atoms with Crippen molar-refractivity contribution in [1.29, 1.82) is 0 Å². The van der Waals surface area contributed by atoms with Gasteiger partial charge in [0.25, 0.3) is 0 Å². The lowest BCUT2D eigenvalue weighted by Crippen LogP contribution is -2.35. The molecule has 1 aliphatic carbocycles. The lowest BCUT2D eigenvalue weighted by Gasteiger charge is -2.27. The molecule has 1 aromatic heterocycles. The number of nitrogen functional groups attached to an aromatic ring is 1. The number of nitrogens with two attached hydrogens (primary N) is 1. The van der Waals surface area contributed by atoms with E-state index in [0.717, 1.165) is 10.8 Å². The van der Waals surface area contributed by atoms with Gasteiger partial charge in [-0.05, 0) is 92.6 Å². The minimum Gasteiger partial charge on any atom is -0.490 e. The molecule has 0 bridgehead atoms. The number of carbonyl (C=O) groups excluding carboxylic acids is 1. The fourth-order valence-corrected chi connectivity index (χ4v) is 6.98. The summed E-state index contributed by atoms with van der Waals surface area (Å²) in [4.78, 5) is 20.2. The minimum absolute atomic E-state index is 0.0572. The van der Waals surface area contributed by atoms with Gasteiger partial charge in [-0.2, -0.15) is 0 Å². The van der Waals surface area contributed by atoms with Crippen LogP contribution in [0, 0.1) is 0 Å². The van der Waals surface area contributed by atoms with Crippen LogP contribution >= 0.6 is 0 Å². The average Bonchev–Trinajstić information content (AvgIpc) is 3.83. The van der Waals surface area contributed by atoms with E-state index < -0.39 is 15.9 Å². The molecule has 1 atom stereocenters. The van der Waals surface area contributed by atoms with Crippen molar-refractivity contribution in [2.75, 3.05) is 24.7 Å². The smallest absolute Gasteiger partial charge is 0.249 e. The fraction of sp³-hybridized carbons (Fsp3) is 0.333. The summed E-state index contributed by atoms with van der Waals surface area (Å²) in [5.41, 5.74) is 8.03. The molecular formula is C33H38N4O5S. The number of likely N-dealkylation sites (N-methyl/N-ethyl adjacent to an activating group) is 1. The SMILES string of the molecule is CCOc1cc(C(Nc2ccc3c(N)nccc3c2)C(=O)N(C)Cc2ccccc2S(=O)(=O)C2CC2)ccc1OC(C)C. The molecule has 1 unspecified atom stereocenters. The van der Waals surface area contributed by atoms with Crippen molar-refractivity contribution in [2.45, 2.75) is 62.4 Å². The van der Waals surface area contributed by atoms with E-state index in [9.17, 15) is 13.2 Å². The third-order valence-corrected chi connectivity index (χ3v) is 9.70. The summed E-state index contributed by atoms with van der Waals surface area (Å²) in [5.74, 6) is 1.31. The maximum atomic E-state index is 14.2. The van der Waals surface area contributed by atoms with Crippen molar-refractivity contribution in [3.8, 4) is 11.5 Å². The van der Waals surface area contributed by atoms with Gasteiger partial charge in [0.2, 0.25) is 5.91 Å². The standard InChI is InChI=1S/C33H38N4O5S/c1-5-41-29-19-23(10-15-28(29)42-21(2)3)31(36-25-11-14-27-22(18-25)16-17-35-32(27)34)33(38)37(4)20-24-8-6-7-9-30(24)43(39,40)26-12-13-26/h6-11,14-19,21,26,31,36H,5,12-13,20H2,1-4H3,(H2,34,35). The van der Waals surface area contributed by atoms with E-state index in [2.05, 4.69) is 10.3 Å². The molecule has 1 amide bonds. The molecule has 10 heteroatoms. The highest BCUT2D eigenvalue weighted by Crippen LogP contribution is 2.36. The van der Waals surface area contributed by atoms with E-state index in [4.69, 9.17) is 15.2 Å². The third-order valence-electron chi connectivity index (χ3n) is 7.34. The normalized spacial score (nSPS) is 14.0. The van der Waals surface area contributed by atoms with E-state index >= 15 is 0 Å². The van der Waals surface area contributed by atoms with Gasteiger partial charge in [0, 0.05) is 30.9 Å². The van der Waals surface area contributed by atoms with E-state index in [-0.39, 0.29) is 28.7 Å². The van der Waals surface area contributed by atoms with Gasteiger partial charge in [-0.1, -0.05) is 24.3 Å². The van der Waals surface area contributed by atoms with Crippen LogP contribution in [0.2, 0.25) is 0 Å². The highest BCUT2D eigenvalue weighted by atomic mass is 32.2. The molecule has 3 aromatic carbocycles. The number of pyridine rings is 1. The first-order valence-corrected chi connectivity index (χ1v) is 16.0. The third kappa shape index (κ3) is 6.69. The predicted octanol–water partition coefficient (Wildman–Crippen LogP) is 5.75. The Labute approximate surface area is 252 Å². The molecule has 0 saturated heterocycles. The van der Waals surface area contributed by atoms with Crippen LogP contribution in [-0.4, -0.2) is 49.2 Å². The van der Waals surface area contributed by atoms with Crippen LogP contribution in [0.25, 0.3) is 10.8 Å². The average molecular weight is 603 g/mol. The molecule has 1 fully saturated rings. The zero-order valence-electron chi connectivity index (χ0n) is 24.9. The number of anilines is 2. The van der Waals surface area contributed by atoms with Gasteiger partial charge in [-0.15, -0.1) is 0 Å². The Morgan fingerprint density at radius 1 is 1.07 bits per heavy atom. The Bertz CT molecular complexity index is 1740. The summed E-state index contributed by atoms with van der Waals surface area (Å²) in [5, 5.41) is 4.76. The van der Waals surface area contributed by atoms with E-state index in [0.29, 0.717) is 53.6 Å². The molecule has 43 heavy (non-hydrogen) atoms. The number of hydrogen-bond donors (Lipinski definition) is 2. The molecule has 1 aliphatic rings. The Kier molecular flexibility index (Phi) is 8.77. The fourth-order valence-electron chi connectivity index (χ4n) is 5.09. The number of carbonyl (C=O) groups is 1. The van der Waals surface area contributed by atoms with Gasteiger partial charge < -0.3 is 25.4 Å². The minimum atomic E-state index is -3.44. The van der Waals surface area contributed by atoms with Gasteiger partial charge in [-0.25, -0.2) is 13.4 Å². The van der Waals surface area contributed by atoms with Crippen LogP contribution < -0.4 is 20.5 Å². The molecule has 9 nitrogen and oxygen atoms in total. The number of sulfone groups is 1. The number of nitrogens with zero attached hydrogens (tertiary/aromatic N) is 2. The molecule has 0 spiro atoms. The zero-order chi connectivity index (χ0) is 30.7. The quantitative estimate of drug-likeness (QED) is 0.210. The van der Waals surface area contributed by atoms with E-state index in [1.54, 1.807) is 42.4 Å². The van der Waals surface area contributed by atoms with Gasteiger partial charge in [0.15, 0.2) is 21.3 Å². The first-order chi connectivity index (χ1) is 20.6. The first kappa shape index (κ1) is 30.2. The molecule has 0 radical (unpaired) electrons. The Balaban J connectivity index is 1.51. The lowest BCUT2D eigenvalue weighted by molar-refractivity contribution is -0.131. The van der Waals surface area contributed by atoms with Crippen LogP contribution in [0.5, 0.6) is 11.5 Å². The maximum absolute atomic E-state index is 14.2. The number of aromatic nitrogens is 1. The summed E-state index contributed by atoms with van der Waals surface area (Å²) in [6.07, 6.45) is 2.93. The highest BCUT2D eigenvalue weighted by molar-refractivity contribution is 7.92. The molecule has 3 N–H and O–H groups in total. The number of amides is 1. The van der Waals surface area contributed by atoms with Crippen molar-refractivity contribution < 1.29 is 22.7 Å². The summed E-state index contributed by atoms with van der Waals surface area (Å²) in [7, 11) is -1.75. The summed E-state index contributed by atoms with van der Waals surface area (Å²) in [6, 6.07) is 19.1. The number of rotatable bonds is 12. The second kappa shape index (κ2) is 12.5. The van der Waals surface area contributed by atoms with Crippen molar-refractivity contribution >= 4 is 38.0 Å². The van der Waals surface area contributed by atoms with Crippen LogP contribution in [-0.2, 0) is 21.2 Å². The second-order valence-corrected chi connectivity index (χ2v) is 13.3. The van der Waals surface area contributed by atoms with Crippen LogP contribution in [0.4, 0.5) is 11.5 Å². The summed E-state index contributed by atoms with van der Waals surface area (Å²) >= 11 is 0. The molecule has 0 aliphatic heterocycles. The Morgan fingerprint density at radius 2 is 1.84 bits per heavy atom. The molecule has 226 valence electrons. The summed E-state index contributed by atoms with van der Waals surface area (Å²) < 4.78 is 38.1. The topological polar surface area (TPSA) is 124 Å². The van der Waals surface area contributed by atoms with Crippen molar-refractivity contribution in [3.63, 3.8) is 0 Å². The monoisotopic (exact) mass is 602 g/mol. The van der Waals surface area contributed by atoms with Crippen molar-refractivity contribution in [3.05, 3.63) is 84.1 Å². The van der Waals surface area contributed by atoms with E-state index in [1.165, 1.54) is 0 Å². The number of nitrogens with one attached hydrogen (secondary N) is 1. The Morgan fingerprint density at radius 3 is 2.56 bits per heavy atom. The van der Waals surface area contributed by atoms with Crippen LogP contribution in [0.1, 0.15) is 50.8 Å². The Hall–Kier alpha value is -4.31. The highest BCUT2D eigenvalue weighted by Gasteiger charge is 2.38. The molecular weight excluding hydrogens is 564 g/mol. The van der Waals surface area contributed by atoms with Crippen LogP contribution in [0.3, 0.4) is 0 Å². The number of hydrogen-bond acceptors (Lipinski definition) is 8.